The molecule has 0 heterocycles. The van der Waals surface area contributed by atoms with Crippen LogP contribution in [0.4, 0.5) is 0 Å². The molecule has 0 radical (unpaired) electrons. The van der Waals surface area contributed by atoms with Crippen molar-refractivity contribution in [3.05, 3.63) is 95.6 Å². The van der Waals surface area contributed by atoms with Gasteiger partial charge in [-0.2, -0.15) is 5.26 Å². The molecular formula is C26H22I2N2O3. The predicted octanol–water partition coefficient (Wildman–Crippen LogP) is 6.02. The Morgan fingerprint density at radius 2 is 1.64 bits per heavy atom. The molecule has 3 aromatic carbocycles. The molecule has 0 spiro atoms. The molecule has 1 amide bonds. The van der Waals surface area contributed by atoms with Crippen molar-refractivity contribution in [2.24, 2.45) is 0 Å². The van der Waals surface area contributed by atoms with Crippen molar-refractivity contribution < 1.29 is 14.3 Å². The van der Waals surface area contributed by atoms with E-state index in [9.17, 15) is 10.1 Å². The Kier molecular flexibility index (Phi) is 9.14. The minimum absolute atomic E-state index is 0.0448. The van der Waals surface area contributed by atoms with Crippen molar-refractivity contribution in [2.75, 3.05) is 7.11 Å². The van der Waals surface area contributed by atoms with Crippen molar-refractivity contribution in [1.82, 2.24) is 5.32 Å². The van der Waals surface area contributed by atoms with E-state index in [4.69, 9.17) is 9.47 Å². The minimum Gasteiger partial charge on any atom is -0.497 e. The molecule has 3 aromatic rings. The third-order valence-corrected chi connectivity index (χ3v) is 6.42. The maximum Gasteiger partial charge on any atom is 0.262 e. The van der Waals surface area contributed by atoms with Gasteiger partial charge in [-0.3, -0.25) is 4.79 Å². The number of benzene rings is 3. The molecule has 0 aromatic heterocycles. The largest absolute Gasteiger partial charge is 0.497 e. The van der Waals surface area contributed by atoms with E-state index in [-0.39, 0.29) is 5.57 Å². The molecule has 5 nitrogen and oxygen atoms in total. The van der Waals surface area contributed by atoms with Crippen LogP contribution < -0.4 is 14.8 Å². The number of nitriles is 1. The zero-order valence-corrected chi connectivity index (χ0v) is 22.5. The van der Waals surface area contributed by atoms with Gasteiger partial charge in [-0.15, -0.1) is 0 Å². The fourth-order valence-electron chi connectivity index (χ4n) is 2.98. The van der Waals surface area contributed by atoms with Crippen LogP contribution in [0.25, 0.3) is 6.08 Å². The van der Waals surface area contributed by atoms with Gasteiger partial charge in [-0.05, 0) is 99.1 Å². The molecule has 0 bridgehead atoms. The number of nitrogens with one attached hydrogen (secondary N) is 1. The average molecular weight is 664 g/mol. The van der Waals surface area contributed by atoms with Crippen LogP contribution in [0.15, 0.2) is 66.2 Å². The number of amides is 1. The molecule has 7 heteroatoms. The van der Waals surface area contributed by atoms with E-state index in [0.29, 0.717) is 13.2 Å². The van der Waals surface area contributed by atoms with Gasteiger partial charge in [0.2, 0.25) is 0 Å². The van der Waals surface area contributed by atoms with Gasteiger partial charge in [0.25, 0.3) is 5.91 Å². The van der Waals surface area contributed by atoms with E-state index in [1.54, 1.807) is 13.2 Å². The second-order valence-electron chi connectivity index (χ2n) is 7.29. The number of aryl methyl sites for hydroxylation is 1. The minimum atomic E-state index is -0.418. The van der Waals surface area contributed by atoms with Crippen molar-refractivity contribution in [1.29, 1.82) is 5.26 Å². The number of methoxy groups -OCH3 is 1. The van der Waals surface area contributed by atoms with Crippen LogP contribution in [0.3, 0.4) is 0 Å². The highest BCUT2D eigenvalue weighted by Crippen LogP contribution is 2.30. The second-order valence-corrected chi connectivity index (χ2v) is 9.61. The lowest BCUT2D eigenvalue weighted by Crippen LogP contribution is -2.23. The molecule has 1 N–H and O–H groups in total. The molecule has 0 saturated heterocycles. The number of rotatable bonds is 8. The Hall–Kier alpha value is -2.58. The van der Waals surface area contributed by atoms with Crippen molar-refractivity contribution in [2.45, 2.75) is 20.1 Å². The Bertz CT molecular complexity index is 1170. The van der Waals surface area contributed by atoms with Gasteiger partial charge in [0.05, 0.1) is 14.3 Å². The lowest BCUT2D eigenvalue weighted by atomic mass is 10.1. The number of nitrogens with zero attached hydrogens (tertiary/aromatic N) is 1. The Morgan fingerprint density at radius 1 is 1.03 bits per heavy atom. The molecule has 0 aliphatic carbocycles. The van der Waals surface area contributed by atoms with Gasteiger partial charge < -0.3 is 14.8 Å². The summed E-state index contributed by atoms with van der Waals surface area (Å²) in [6, 6.07) is 21.4. The maximum atomic E-state index is 12.5. The lowest BCUT2D eigenvalue weighted by Gasteiger charge is -2.12. The molecular weight excluding hydrogens is 642 g/mol. The van der Waals surface area contributed by atoms with E-state index in [1.165, 1.54) is 5.56 Å². The number of ether oxygens (including phenoxy) is 2. The first-order valence-corrected chi connectivity index (χ1v) is 12.3. The van der Waals surface area contributed by atoms with E-state index in [1.807, 2.05) is 42.5 Å². The van der Waals surface area contributed by atoms with Crippen molar-refractivity contribution >= 4 is 57.2 Å². The van der Waals surface area contributed by atoms with Gasteiger partial charge in [-0.1, -0.05) is 42.0 Å². The highest BCUT2D eigenvalue weighted by molar-refractivity contribution is 14.1. The summed E-state index contributed by atoms with van der Waals surface area (Å²) >= 11 is 4.43. The summed E-state index contributed by atoms with van der Waals surface area (Å²) in [4.78, 5) is 12.5. The van der Waals surface area contributed by atoms with Crippen LogP contribution in [0, 0.1) is 25.4 Å². The summed E-state index contributed by atoms with van der Waals surface area (Å²) in [6.45, 7) is 2.85. The maximum absolute atomic E-state index is 12.5. The number of halogens is 2. The van der Waals surface area contributed by atoms with Crippen molar-refractivity contribution in [3.8, 4) is 17.6 Å². The summed E-state index contributed by atoms with van der Waals surface area (Å²) in [6.07, 6.45) is 1.59. The van der Waals surface area contributed by atoms with Crippen molar-refractivity contribution in [3.63, 3.8) is 0 Å². The van der Waals surface area contributed by atoms with E-state index in [0.717, 1.165) is 35.3 Å². The summed E-state index contributed by atoms with van der Waals surface area (Å²) in [7, 11) is 1.60. The normalized spacial score (nSPS) is 10.9. The Morgan fingerprint density at radius 3 is 2.21 bits per heavy atom. The summed E-state index contributed by atoms with van der Waals surface area (Å²) in [5.74, 6) is 1.12. The van der Waals surface area contributed by atoms with E-state index < -0.39 is 5.91 Å². The fraction of sp³-hybridized carbons (Fsp3) is 0.154. The topological polar surface area (TPSA) is 71.3 Å². The molecule has 0 fully saturated rings. The number of carbonyl (C=O) groups excluding carboxylic acids is 1. The van der Waals surface area contributed by atoms with E-state index in [2.05, 4.69) is 81.7 Å². The first kappa shape index (κ1) is 25.1. The first-order valence-electron chi connectivity index (χ1n) is 10.1. The van der Waals surface area contributed by atoms with Gasteiger partial charge in [0, 0.05) is 6.54 Å². The van der Waals surface area contributed by atoms with Crippen LogP contribution in [0.1, 0.15) is 22.3 Å². The fourth-order valence-corrected chi connectivity index (χ4v) is 5.10. The summed E-state index contributed by atoms with van der Waals surface area (Å²) in [5.41, 5.74) is 4.03. The van der Waals surface area contributed by atoms with Gasteiger partial charge in [0.1, 0.15) is 29.7 Å². The SMILES string of the molecule is COc1ccc(CNC(=O)/C(C#N)=C\c2cc(I)c(OCc3ccc(C)cc3)c(I)c2)cc1. The quantitative estimate of drug-likeness (QED) is 0.182. The van der Waals surface area contributed by atoms with Crippen LogP contribution in [0.2, 0.25) is 0 Å². The molecule has 3 rings (SSSR count). The zero-order valence-electron chi connectivity index (χ0n) is 18.2. The number of hydrogen-bond acceptors (Lipinski definition) is 4. The summed E-state index contributed by atoms with van der Waals surface area (Å²) < 4.78 is 13.0. The third-order valence-electron chi connectivity index (χ3n) is 4.81. The lowest BCUT2D eigenvalue weighted by molar-refractivity contribution is -0.117. The van der Waals surface area contributed by atoms with E-state index >= 15 is 0 Å². The van der Waals surface area contributed by atoms with Gasteiger partial charge in [-0.25, -0.2) is 0 Å². The Labute approximate surface area is 221 Å². The molecule has 0 atom stereocenters. The monoisotopic (exact) mass is 664 g/mol. The molecule has 0 aliphatic heterocycles. The average Bonchev–Trinajstić information content (AvgIpc) is 2.82. The van der Waals surface area contributed by atoms with Gasteiger partial charge >= 0.3 is 0 Å². The number of carbonyl (C=O) groups is 1. The molecule has 33 heavy (non-hydrogen) atoms. The van der Waals surface area contributed by atoms with Gasteiger partial charge in [0.15, 0.2) is 0 Å². The molecule has 0 saturated carbocycles. The summed E-state index contributed by atoms with van der Waals surface area (Å²) in [5, 5.41) is 12.3. The third kappa shape index (κ3) is 7.20. The highest BCUT2D eigenvalue weighted by Gasteiger charge is 2.12. The molecule has 168 valence electrons. The van der Waals surface area contributed by atoms with Crippen LogP contribution in [-0.2, 0) is 17.9 Å². The second kappa shape index (κ2) is 12.0. The van der Waals surface area contributed by atoms with Crippen LogP contribution in [-0.4, -0.2) is 13.0 Å². The van der Waals surface area contributed by atoms with Crippen LogP contribution in [0.5, 0.6) is 11.5 Å². The highest BCUT2D eigenvalue weighted by atomic mass is 127. The standard InChI is InChI=1S/C26H22I2N2O3/c1-17-3-5-19(6-4-17)16-33-25-23(27)12-20(13-24(25)28)11-21(14-29)26(31)30-15-18-7-9-22(32-2)10-8-18/h3-13H,15-16H2,1-2H3,(H,30,31)/b21-11-. The molecule has 0 aliphatic rings. The molecule has 0 unspecified atom stereocenters. The first-order chi connectivity index (χ1) is 15.9. The predicted molar refractivity (Wildman–Crippen MR) is 146 cm³/mol. The zero-order chi connectivity index (χ0) is 23.8. The Balaban J connectivity index is 1.68. The number of hydrogen-bond donors (Lipinski definition) is 1. The van der Waals surface area contributed by atoms with Crippen LogP contribution >= 0.6 is 45.2 Å². The smallest absolute Gasteiger partial charge is 0.262 e.